The minimum atomic E-state index is -0.797. The third-order valence-corrected chi connectivity index (χ3v) is 1.96. The largest absolute Gasteiger partial charge is 0.299 e. The van der Waals surface area contributed by atoms with E-state index in [0.717, 1.165) is 0 Å². The molecule has 0 saturated heterocycles. The molecule has 0 aromatic carbocycles. The molecule has 0 amide bonds. The minimum Gasteiger partial charge on any atom is -0.299 e. The average molecular weight is 150 g/mol. The number of halogens is 1. The summed E-state index contributed by atoms with van der Waals surface area (Å²) in [7, 11) is 0. The Morgan fingerprint density at radius 2 is 2.33 bits per heavy atom. The van der Waals surface area contributed by atoms with Gasteiger partial charge in [0.25, 0.3) is 0 Å². The van der Waals surface area contributed by atoms with E-state index in [4.69, 9.17) is 0 Å². The molecule has 0 fully saturated rings. The summed E-state index contributed by atoms with van der Waals surface area (Å²) in [6.07, 6.45) is -0.797. The smallest absolute Gasteiger partial charge is 0.139 e. The summed E-state index contributed by atoms with van der Waals surface area (Å²) in [5, 5.41) is 0. The van der Waals surface area contributed by atoms with Crippen LogP contribution >= 0.6 is 11.8 Å². The summed E-state index contributed by atoms with van der Waals surface area (Å²) in [6, 6.07) is 0. The normalized spacial score (nSPS) is 13.2. The molecule has 1 nitrogen and oxygen atoms in total. The number of rotatable bonds is 4. The van der Waals surface area contributed by atoms with Gasteiger partial charge in [-0.05, 0) is 13.8 Å². The third kappa shape index (κ3) is 7.95. The fourth-order valence-corrected chi connectivity index (χ4v) is 1.10. The first kappa shape index (κ1) is 8.95. The van der Waals surface area contributed by atoms with Gasteiger partial charge in [0.15, 0.2) is 0 Å². The standard InChI is InChI=1S/C6H11FOS/c1-5(7)3-9-4-6(2)8/h5H,3-4H2,1-2H3. The van der Waals surface area contributed by atoms with Crippen molar-refractivity contribution in [3.8, 4) is 0 Å². The maximum absolute atomic E-state index is 12.0. The van der Waals surface area contributed by atoms with Gasteiger partial charge in [-0.3, -0.25) is 4.79 Å². The number of Topliss-reactive ketones (excluding diaryl/α,β-unsaturated/α-hetero) is 1. The van der Waals surface area contributed by atoms with Crippen molar-refractivity contribution in [3.05, 3.63) is 0 Å². The van der Waals surface area contributed by atoms with Gasteiger partial charge >= 0.3 is 0 Å². The molecule has 0 rings (SSSR count). The van der Waals surface area contributed by atoms with Gasteiger partial charge in [0.1, 0.15) is 12.0 Å². The second-order valence-electron chi connectivity index (χ2n) is 2.00. The van der Waals surface area contributed by atoms with Crippen LogP contribution in [0.2, 0.25) is 0 Å². The number of ketones is 1. The second-order valence-corrected chi connectivity index (χ2v) is 3.03. The molecule has 0 aliphatic carbocycles. The molecule has 0 aromatic heterocycles. The van der Waals surface area contributed by atoms with Crippen LogP contribution in [0.3, 0.4) is 0 Å². The Hall–Kier alpha value is -0.0500. The number of hydrogen-bond acceptors (Lipinski definition) is 2. The Kier molecular flexibility index (Phi) is 4.77. The first-order chi connectivity index (χ1) is 4.13. The molecular weight excluding hydrogens is 139 g/mol. The molecule has 0 radical (unpaired) electrons. The lowest BCUT2D eigenvalue weighted by molar-refractivity contribution is -0.114. The highest BCUT2D eigenvalue weighted by molar-refractivity contribution is 7.99. The summed E-state index contributed by atoms with van der Waals surface area (Å²) in [4.78, 5) is 10.3. The molecule has 1 atom stereocenters. The molecule has 0 aliphatic rings. The van der Waals surface area contributed by atoms with Gasteiger partial charge in [0.05, 0.1) is 5.75 Å². The van der Waals surface area contributed by atoms with Crippen molar-refractivity contribution in [2.45, 2.75) is 20.0 Å². The summed E-state index contributed by atoms with van der Waals surface area (Å²) < 4.78 is 12.0. The third-order valence-electron chi connectivity index (χ3n) is 0.653. The van der Waals surface area contributed by atoms with Gasteiger partial charge in [0, 0.05) is 5.75 Å². The summed E-state index contributed by atoms with van der Waals surface area (Å²) in [5.74, 6) is 0.981. The number of hydrogen-bond donors (Lipinski definition) is 0. The zero-order chi connectivity index (χ0) is 7.28. The van der Waals surface area contributed by atoms with Crippen LogP contribution in [-0.2, 0) is 4.79 Å². The second kappa shape index (κ2) is 4.79. The van der Waals surface area contributed by atoms with Crippen molar-refractivity contribution in [2.75, 3.05) is 11.5 Å². The van der Waals surface area contributed by atoms with Crippen LogP contribution in [0.4, 0.5) is 4.39 Å². The first-order valence-electron chi connectivity index (χ1n) is 2.84. The van der Waals surface area contributed by atoms with Crippen molar-refractivity contribution in [1.82, 2.24) is 0 Å². The van der Waals surface area contributed by atoms with Crippen LogP contribution < -0.4 is 0 Å². The van der Waals surface area contributed by atoms with Crippen molar-refractivity contribution in [2.24, 2.45) is 0 Å². The highest BCUT2D eigenvalue weighted by Gasteiger charge is 1.98. The lowest BCUT2D eigenvalue weighted by atomic mass is 10.5. The zero-order valence-electron chi connectivity index (χ0n) is 5.69. The van der Waals surface area contributed by atoms with Crippen molar-refractivity contribution in [1.29, 1.82) is 0 Å². The van der Waals surface area contributed by atoms with Crippen molar-refractivity contribution < 1.29 is 9.18 Å². The summed E-state index contributed by atoms with van der Waals surface area (Å²) in [5.41, 5.74) is 0. The van der Waals surface area contributed by atoms with E-state index >= 15 is 0 Å². The predicted molar refractivity (Wildman–Crippen MR) is 38.6 cm³/mol. The molecule has 1 unspecified atom stereocenters. The van der Waals surface area contributed by atoms with Gasteiger partial charge in [-0.25, -0.2) is 4.39 Å². The van der Waals surface area contributed by atoms with Crippen LogP contribution in [0.1, 0.15) is 13.8 Å². The monoisotopic (exact) mass is 150 g/mol. The Labute approximate surface area is 59.0 Å². The van der Waals surface area contributed by atoms with Gasteiger partial charge in [-0.1, -0.05) is 0 Å². The van der Waals surface area contributed by atoms with Crippen LogP contribution in [0.5, 0.6) is 0 Å². The molecule has 0 bridgehead atoms. The predicted octanol–water partition coefficient (Wildman–Crippen LogP) is 1.67. The molecule has 3 heteroatoms. The molecule has 0 saturated carbocycles. The lowest BCUT2D eigenvalue weighted by Gasteiger charge is -1.97. The van der Waals surface area contributed by atoms with E-state index in [9.17, 15) is 9.18 Å². The number of thioether (sulfide) groups is 1. The Morgan fingerprint density at radius 1 is 1.78 bits per heavy atom. The SMILES string of the molecule is CC(=O)CSCC(C)F. The van der Waals surface area contributed by atoms with Crippen molar-refractivity contribution in [3.63, 3.8) is 0 Å². The topological polar surface area (TPSA) is 17.1 Å². The van der Waals surface area contributed by atoms with E-state index < -0.39 is 6.17 Å². The molecular formula is C6H11FOS. The molecule has 0 heterocycles. The van der Waals surface area contributed by atoms with Crippen molar-refractivity contribution >= 4 is 17.5 Å². The Balaban J connectivity index is 3.01. The lowest BCUT2D eigenvalue weighted by Crippen LogP contribution is -2.00. The van der Waals surface area contributed by atoms with Gasteiger partial charge in [0.2, 0.25) is 0 Å². The van der Waals surface area contributed by atoms with Gasteiger partial charge < -0.3 is 0 Å². The van der Waals surface area contributed by atoms with Crippen LogP contribution in [0.25, 0.3) is 0 Å². The van der Waals surface area contributed by atoms with E-state index in [1.165, 1.54) is 25.6 Å². The maximum Gasteiger partial charge on any atom is 0.139 e. The minimum absolute atomic E-state index is 0.112. The number of carbonyl (C=O) groups is 1. The highest BCUT2D eigenvalue weighted by atomic mass is 32.2. The Bertz CT molecular complexity index is 93.1. The maximum atomic E-state index is 12.0. The Morgan fingerprint density at radius 3 is 2.67 bits per heavy atom. The van der Waals surface area contributed by atoms with E-state index in [0.29, 0.717) is 11.5 Å². The molecule has 0 spiro atoms. The van der Waals surface area contributed by atoms with Gasteiger partial charge in [-0.15, -0.1) is 0 Å². The summed E-state index contributed by atoms with van der Waals surface area (Å²) >= 11 is 1.34. The molecule has 0 aliphatic heterocycles. The fraction of sp³-hybridized carbons (Fsp3) is 0.833. The summed E-state index contributed by atoms with van der Waals surface area (Å²) in [6.45, 7) is 3.00. The fourth-order valence-electron chi connectivity index (χ4n) is 0.365. The average Bonchev–Trinajstić information content (AvgIpc) is 1.63. The number of alkyl halides is 1. The van der Waals surface area contributed by atoms with E-state index in [2.05, 4.69) is 0 Å². The van der Waals surface area contributed by atoms with E-state index in [1.807, 2.05) is 0 Å². The molecule has 0 N–H and O–H groups in total. The highest BCUT2D eigenvalue weighted by Crippen LogP contribution is 2.04. The molecule has 0 aromatic rings. The number of carbonyl (C=O) groups excluding carboxylic acids is 1. The van der Waals surface area contributed by atoms with Crippen LogP contribution in [0, 0.1) is 0 Å². The zero-order valence-corrected chi connectivity index (χ0v) is 6.50. The molecule has 9 heavy (non-hydrogen) atoms. The van der Waals surface area contributed by atoms with Gasteiger partial charge in [-0.2, -0.15) is 11.8 Å². The van der Waals surface area contributed by atoms with E-state index in [-0.39, 0.29) is 5.78 Å². The first-order valence-corrected chi connectivity index (χ1v) is 3.99. The van der Waals surface area contributed by atoms with Crippen LogP contribution in [0.15, 0.2) is 0 Å². The van der Waals surface area contributed by atoms with E-state index in [1.54, 1.807) is 0 Å². The van der Waals surface area contributed by atoms with Crippen LogP contribution in [-0.4, -0.2) is 23.5 Å². The molecule has 54 valence electrons. The quantitative estimate of drug-likeness (QED) is 0.606.